The second-order valence-corrected chi connectivity index (χ2v) is 5.03. The second kappa shape index (κ2) is 4.78. The lowest BCUT2D eigenvalue weighted by molar-refractivity contribution is 0.0844. The maximum absolute atomic E-state index is 5.45. The van der Waals surface area contributed by atoms with Crippen molar-refractivity contribution in [2.45, 2.75) is 44.7 Å². The number of nitrogens with zero attached hydrogens (tertiary/aromatic N) is 2. The largest absolute Gasteiger partial charge is 0.381 e. The van der Waals surface area contributed by atoms with E-state index in [0.717, 1.165) is 39.1 Å². The molecule has 1 aromatic heterocycles. The first-order chi connectivity index (χ1) is 8.40. The summed E-state index contributed by atoms with van der Waals surface area (Å²) in [6.07, 6.45) is 4.78. The molecular formula is C13H21N3O. The van der Waals surface area contributed by atoms with Crippen LogP contribution < -0.4 is 5.32 Å². The van der Waals surface area contributed by atoms with Gasteiger partial charge in [-0.1, -0.05) is 0 Å². The summed E-state index contributed by atoms with van der Waals surface area (Å²) in [6.45, 7) is 3.84. The van der Waals surface area contributed by atoms with Gasteiger partial charge >= 0.3 is 0 Å². The standard InChI is InChI=1S/C13H21N3O/c1-14-9-12-15-13(10-4-7-17-8-5-10)11-3-2-6-16(11)12/h10,14H,2-9H2,1H3. The molecule has 1 saturated heterocycles. The lowest BCUT2D eigenvalue weighted by atomic mass is 9.94. The fourth-order valence-corrected chi connectivity index (χ4v) is 3.08. The van der Waals surface area contributed by atoms with Gasteiger partial charge in [-0.15, -0.1) is 0 Å². The fraction of sp³-hybridized carbons (Fsp3) is 0.769. The van der Waals surface area contributed by atoms with Crippen LogP contribution in [0.5, 0.6) is 0 Å². The Labute approximate surface area is 102 Å². The highest BCUT2D eigenvalue weighted by Gasteiger charge is 2.27. The van der Waals surface area contributed by atoms with Gasteiger partial charge in [0.2, 0.25) is 0 Å². The summed E-state index contributed by atoms with van der Waals surface area (Å²) in [5.41, 5.74) is 2.87. The number of hydrogen-bond donors (Lipinski definition) is 1. The Kier molecular flexibility index (Phi) is 3.16. The van der Waals surface area contributed by atoms with Crippen LogP contribution in [-0.2, 0) is 24.2 Å². The van der Waals surface area contributed by atoms with E-state index >= 15 is 0 Å². The predicted octanol–water partition coefficient (Wildman–Crippen LogP) is 1.44. The fourth-order valence-electron chi connectivity index (χ4n) is 3.08. The lowest BCUT2D eigenvalue weighted by Crippen LogP contribution is -2.15. The first-order valence-electron chi connectivity index (χ1n) is 6.70. The minimum atomic E-state index is 0.633. The molecule has 4 nitrogen and oxygen atoms in total. The number of hydrogen-bond acceptors (Lipinski definition) is 3. The van der Waals surface area contributed by atoms with Crippen molar-refractivity contribution in [1.82, 2.24) is 14.9 Å². The summed E-state index contributed by atoms with van der Waals surface area (Å²) in [5.74, 6) is 1.86. The molecule has 0 unspecified atom stereocenters. The van der Waals surface area contributed by atoms with E-state index in [1.807, 2.05) is 7.05 Å². The van der Waals surface area contributed by atoms with Gasteiger partial charge < -0.3 is 14.6 Å². The monoisotopic (exact) mass is 235 g/mol. The maximum atomic E-state index is 5.45. The molecule has 2 aliphatic rings. The summed E-state index contributed by atoms with van der Waals surface area (Å²) in [6, 6.07) is 0. The van der Waals surface area contributed by atoms with E-state index in [1.54, 1.807) is 0 Å². The van der Waals surface area contributed by atoms with E-state index in [0.29, 0.717) is 5.92 Å². The minimum absolute atomic E-state index is 0.633. The zero-order valence-electron chi connectivity index (χ0n) is 10.5. The molecule has 1 fully saturated rings. The molecule has 0 amide bonds. The van der Waals surface area contributed by atoms with Crippen LogP contribution in [-0.4, -0.2) is 29.8 Å². The van der Waals surface area contributed by atoms with Gasteiger partial charge in [0.1, 0.15) is 5.82 Å². The van der Waals surface area contributed by atoms with E-state index < -0.39 is 0 Å². The summed E-state index contributed by atoms with van der Waals surface area (Å²) < 4.78 is 7.88. The van der Waals surface area contributed by atoms with Crippen molar-refractivity contribution >= 4 is 0 Å². The molecule has 94 valence electrons. The van der Waals surface area contributed by atoms with Gasteiger partial charge in [-0.3, -0.25) is 0 Å². The summed E-state index contributed by atoms with van der Waals surface area (Å²) in [5, 5.41) is 3.22. The number of nitrogens with one attached hydrogen (secondary N) is 1. The Balaban J connectivity index is 1.90. The van der Waals surface area contributed by atoms with Crippen molar-refractivity contribution in [2.75, 3.05) is 20.3 Å². The van der Waals surface area contributed by atoms with Gasteiger partial charge in [-0.05, 0) is 32.7 Å². The molecule has 17 heavy (non-hydrogen) atoms. The molecule has 0 bridgehead atoms. The van der Waals surface area contributed by atoms with E-state index in [1.165, 1.54) is 30.1 Å². The van der Waals surface area contributed by atoms with E-state index in [4.69, 9.17) is 9.72 Å². The average Bonchev–Trinajstić information content (AvgIpc) is 2.94. The maximum Gasteiger partial charge on any atom is 0.123 e. The molecule has 3 heterocycles. The third-order valence-electron chi connectivity index (χ3n) is 3.92. The van der Waals surface area contributed by atoms with Crippen LogP contribution >= 0.6 is 0 Å². The third kappa shape index (κ3) is 2.00. The minimum Gasteiger partial charge on any atom is -0.381 e. The molecule has 2 aliphatic heterocycles. The topological polar surface area (TPSA) is 39.1 Å². The van der Waals surface area contributed by atoms with Crippen molar-refractivity contribution in [1.29, 1.82) is 0 Å². The normalized spacial score (nSPS) is 20.8. The summed E-state index contributed by atoms with van der Waals surface area (Å²) in [7, 11) is 1.99. The molecule has 4 heteroatoms. The van der Waals surface area contributed by atoms with Crippen molar-refractivity contribution < 1.29 is 4.74 Å². The van der Waals surface area contributed by atoms with E-state index in [-0.39, 0.29) is 0 Å². The van der Waals surface area contributed by atoms with Gasteiger partial charge in [0, 0.05) is 31.4 Å². The molecule has 0 spiro atoms. The van der Waals surface area contributed by atoms with Crippen molar-refractivity contribution in [3.8, 4) is 0 Å². The van der Waals surface area contributed by atoms with Crippen LogP contribution in [0.4, 0.5) is 0 Å². The molecule has 1 aromatic rings. The predicted molar refractivity (Wildman–Crippen MR) is 66.1 cm³/mol. The van der Waals surface area contributed by atoms with Crippen LogP contribution in [0.25, 0.3) is 0 Å². The number of imidazole rings is 1. The van der Waals surface area contributed by atoms with E-state index in [2.05, 4.69) is 9.88 Å². The zero-order chi connectivity index (χ0) is 11.7. The van der Waals surface area contributed by atoms with Crippen molar-refractivity contribution in [2.24, 2.45) is 0 Å². The Morgan fingerprint density at radius 1 is 1.41 bits per heavy atom. The van der Waals surface area contributed by atoms with Gasteiger partial charge in [-0.25, -0.2) is 4.98 Å². The Morgan fingerprint density at radius 2 is 2.24 bits per heavy atom. The Morgan fingerprint density at radius 3 is 3.00 bits per heavy atom. The van der Waals surface area contributed by atoms with Crippen LogP contribution in [0.15, 0.2) is 0 Å². The molecule has 0 aliphatic carbocycles. The van der Waals surface area contributed by atoms with Gasteiger partial charge in [-0.2, -0.15) is 0 Å². The molecule has 3 rings (SSSR count). The number of aromatic nitrogens is 2. The average molecular weight is 235 g/mol. The van der Waals surface area contributed by atoms with Crippen molar-refractivity contribution in [3.63, 3.8) is 0 Å². The Hall–Kier alpha value is -0.870. The highest BCUT2D eigenvalue weighted by Crippen LogP contribution is 2.32. The quantitative estimate of drug-likeness (QED) is 0.861. The SMILES string of the molecule is CNCc1nc(C2CCOCC2)c2n1CCC2. The molecule has 0 radical (unpaired) electrons. The first-order valence-corrected chi connectivity index (χ1v) is 6.70. The number of fused-ring (bicyclic) bond motifs is 1. The molecule has 0 atom stereocenters. The van der Waals surface area contributed by atoms with Crippen molar-refractivity contribution in [3.05, 3.63) is 17.2 Å². The Bertz CT molecular complexity index is 394. The van der Waals surface area contributed by atoms with Gasteiger partial charge in [0.15, 0.2) is 0 Å². The van der Waals surface area contributed by atoms with Crippen LogP contribution in [0, 0.1) is 0 Å². The molecule has 0 saturated carbocycles. The van der Waals surface area contributed by atoms with Gasteiger partial charge in [0.25, 0.3) is 0 Å². The molecular weight excluding hydrogens is 214 g/mol. The summed E-state index contributed by atoms with van der Waals surface area (Å²) >= 11 is 0. The molecule has 0 aromatic carbocycles. The zero-order valence-corrected chi connectivity index (χ0v) is 10.5. The highest BCUT2D eigenvalue weighted by molar-refractivity contribution is 5.24. The number of ether oxygens (including phenoxy) is 1. The second-order valence-electron chi connectivity index (χ2n) is 5.03. The third-order valence-corrected chi connectivity index (χ3v) is 3.92. The van der Waals surface area contributed by atoms with Crippen LogP contribution in [0.1, 0.15) is 42.4 Å². The summed E-state index contributed by atoms with van der Waals surface area (Å²) in [4.78, 5) is 4.89. The van der Waals surface area contributed by atoms with Crippen LogP contribution in [0.2, 0.25) is 0 Å². The first kappa shape index (κ1) is 11.2. The molecule has 1 N–H and O–H groups in total. The highest BCUT2D eigenvalue weighted by atomic mass is 16.5. The van der Waals surface area contributed by atoms with Gasteiger partial charge in [0.05, 0.1) is 12.2 Å². The van der Waals surface area contributed by atoms with E-state index in [9.17, 15) is 0 Å². The van der Waals surface area contributed by atoms with Crippen LogP contribution in [0.3, 0.4) is 0 Å². The lowest BCUT2D eigenvalue weighted by Gasteiger charge is -2.21. The number of rotatable bonds is 3. The smallest absolute Gasteiger partial charge is 0.123 e.